The second-order valence-corrected chi connectivity index (χ2v) is 8.30. The van der Waals surface area contributed by atoms with E-state index in [0.29, 0.717) is 29.5 Å². The van der Waals surface area contributed by atoms with Crippen LogP contribution < -0.4 is 15.4 Å². The van der Waals surface area contributed by atoms with Crippen LogP contribution in [0.2, 0.25) is 0 Å². The van der Waals surface area contributed by atoms with Crippen LogP contribution in [0.25, 0.3) is 5.65 Å². The minimum absolute atomic E-state index is 0. The van der Waals surface area contributed by atoms with Crippen molar-refractivity contribution >= 4 is 45.6 Å². The van der Waals surface area contributed by atoms with Crippen LogP contribution in [0.4, 0.5) is 0 Å². The fourth-order valence-corrected chi connectivity index (χ4v) is 4.19. The van der Waals surface area contributed by atoms with Gasteiger partial charge in [0.2, 0.25) is 10.0 Å². The summed E-state index contributed by atoms with van der Waals surface area (Å²) in [7, 11) is -1.91. The first-order valence-electron chi connectivity index (χ1n) is 9.21. The molecule has 0 radical (unpaired) electrons. The number of rotatable bonds is 7. The number of guanidine groups is 1. The Kier molecular flexibility index (Phi) is 8.55. The highest BCUT2D eigenvalue weighted by atomic mass is 127. The average molecular weight is 543 g/mol. The van der Waals surface area contributed by atoms with Crippen LogP contribution >= 0.6 is 24.0 Å². The molecule has 0 aliphatic rings. The summed E-state index contributed by atoms with van der Waals surface area (Å²) in [6.45, 7) is 4.69. The predicted octanol–water partition coefficient (Wildman–Crippen LogP) is 1.61. The number of hydrogen-bond donors (Lipinski definition) is 3. The van der Waals surface area contributed by atoms with Crippen LogP contribution in [0, 0.1) is 13.8 Å². The predicted molar refractivity (Wildman–Crippen MR) is 128 cm³/mol. The van der Waals surface area contributed by atoms with Gasteiger partial charge >= 0.3 is 0 Å². The largest absolute Gasteiger partial charge is 0.355 e. The van der Waals surface area contributed by atoms with Crippen molar-refractivity contribution in [3.8, 4) is 0 Å². The fourth-order valence-electron chi connectivity index (χ4n) is 2.84. The van der Waals surface area contributed by atoms with Gasteiger partial charge in [-0.1, -0.05) is 18.2 Å². The van der Waals surface area contributed by atoms with Gasteiger partial charge in [0.1, 0.15) is 0 Å². The minimum Gasteiger partial charge on any atom is -0.355 e. The summed E-state index contributed by atoms with van der Waals surface area (Å²) in [6, 6.07) is 11.1. The lowest BCUT2D eigenvalue weighted by Gasteiger charge is -2.13. The number of aryl methyl sites for hydroxylation is 2. The Balaban J connectivity index is 0.00000320. The Morgan fingerprint density at radius 2 is 1.90 bits per heavy atom. The third-order valence-electron chi connectivity index (χ3n) is 4.36. The van der Waals surface area contributed by atoms with Crippen molar-refractivity contribution in [2.24, 2.45) is 4.99 Å². The molecule has 0 spiro atoms. The maximum atomic E-state index is 12.5. The summed E-state index contributed by atoms with van der Waals surface area (Å²) in [4.78, 5) is 4.45. The van der Waals surface area contributed by atoms with Gasteiger partial charge in [-0.05, 0) is 43.2 Å². The monoisotopic (exact) mass is 543 g/mol. The van der Waals surface area contributed by atoms with Gasteiger partial charge in [0.05, 0.1) is 11.4 Å². The Labute approximate surface area is 193 Å². The number of hydrogen-bond acceptors (Lipinski definition) is 5. The van der Waals surface area contributed by atoms with E-state index in [1.165, 1.54) is 0 Å². The SMILES string of the molecule is CN=C(NCCNS(=O)(=O)c1cc(C)ccc1C)NCc1nnc2ccccn12.I. The molecule has 0 fully saturated rings. The minimum atomic E-state index is -3.56. The molecule has 2 heterocycles. The Bertz CT molecular complexity index is 1130. The zero-order valence-electron chi connectivity index (χ0n) is 17.1. The van der Waals surface area contributed by atoms with Crippen molar-refractivity contribution in [3.63, 3.8) is 0 Å². The molecular weight excluding hydrogens is 517 g/mol. The molecule has 30 heavy (non-hydrogen) atoms. The van der Waals surface area contributed by atoms with Crippen LogP contribution in [0.15, 0.2) is 52.5 Å². The molecule has 0 saturated carbocycles. The van der Waals surface area contributed by atoms with E-state index >= 15 is 0 Å². The van der Waals surface area contributed by atoms with Crippen molar-refractivity contribution < 1.29 is 8.42 Å². The summed E-state index contributed by atoms with van der Waals surface area (Å²) in [5.74, 6) is 1.29. The van der Waals surface area contributed by atoms with E-state index in [2.05, 4.69) is 30.5 Å². The molecule has 0 aliphatic heterocycles. The molecular formula is C19H26IN7O2S. The molecule has 0 atom stereocenters. The summed E-state index contributed by atoms with van der Waals surface area (Å²) >= 11 is 0. The van der Waals surface area contributed by atoms with Crippen LogP contribution in [0.5, 0.6) is 0 Å². The number of nitrogens with one attached hydrogen (secondary N) is 3. The lowest BCUT2D eigenvalue weighted by Crippen LogP contribution is -2.41. The molecule has 0 bridgehead atoms. The molecule has 9 nitrogen and oxygen atoms in total. The van der Waals surface area contributed by atoms with Gasteiger partial charge in [-0.15, -0.1) is 34.2 Å². The second-order valence-electron chi connectivity index (χ2n) is 6.56. The van der Waals surface area contributed by atoms with Gasteiger partial charge in [-0.25, -0.2) is 13.1 Å². The number of benzene rings is 1. The van der Waals surface area contributed by atoms with Crippen molar-refractivity contribution in [1.82, 2.24) is 30.0 Å². The smallest absolute Gasteiger partial charge is 0.240 e. The van der Waals surface area contributed by atoms with Crippen molar-refractivity contribution in [2.75, 3.05) is 20.1 Å². The molecule has 162 valence electrons. The third kappa shape index (κ3) is 5.89. The van der Waals surface area contributed by atoms with E-state index in [1.807, 2.05) is 47.9 Å². The van der Waals surface area contributed by atoms with Crippen molar-refractivity contribution in [3.05, 3.63) is 59.5 Å². The standard InChI is InChI=1S/C19H25N7O2S.HI/c1-14-7-8-15(2)16(12-14)29(27,28)23-10-9-21-19(20-3)22-13-18-25-24-17-6-4-5-11-26(17)18;/h4-8,11-12,23H,9-10,13H2,1-3H3,(H2,20,21,22);1H. The number of aliphatic imine (C=N–C) groups is 1. The van der Waals surface area contributed by atoms with Gasteiger partial charge in [0, 0.05) is 26.3 Å². The van der Waals surface area contributed by atoms with Crippen molar-refractivity contribution in [2.45, 2.75) is 25.3 Å². The molecule has 0 saturated heterocycles. The summed E-state index contributed by atoms with van der Waals surface area (Å²) in [5, 5.41) is 14.5. The molecule has 0 amide bonds. The number of fused-ring (bicyclic) bond motifs is 1. The quantitative estimate of drug-likeness (QED) is 0.181. The van der Waals surface area contributed by atoms with Crippen LogP contribution in [0.1, 0.15) is 17.0 Å². The number of sulfonamides is 1. The van der Waals surface area contributed by atoms with E-state index < -0.39 is 10.0 Å². The number of nitrogens with zero attached hydrogens (tertiary/aromatic N) is 4. The summed E-state index contributed by atoms with van der Waals surface area (Å²) in [6.07, 6.45) is 1.89. The molecule has 1 aromatic carbocycles. The zero-order chi connectivity index (χ0) is 20.9. The van der Waals surface area contributed by atoms with E-state index in [-0.39, 0.29) is 30.5 Å². The normalized spacial score (nSPS) is 11.9. The van der Waals surface area contributed by atoms with Crippen molar-refractivity contribution in [1.29, 1.82) is 0 Å². The van der Waals surface area contributed by atoms with Gasteiger partial charge in [-0.3, -0.25) is 9.39 Å². The van der Waals surface area contributed by atoms with Gasteiger partial charge in [0.15, 0.2) is 17.4 Å². The van der Waals surface area contributed by atoms with Gasteiger partial charge in [-0.2, -0.15) is 0 Å². The number of pyridine rings is 1. The highest BCUT2D eigenvalue weighted by Crippen LogP contribution is 2.16. The Morgan fingerprint density at radius 3 is 2.67 bits per heavy atom. The summed E-state index contributed by atoms with van der Waals surface area (Å²) in [5.41, 5.74) is 2.39. The van der Waals surface area contributed by atoms with E-state index in [9.17, 15) is 8.42 Å². The van der Waals surface area contributed by atoms with Gasteiger partial charge in [0.25, 0.3) is 0 Å². The maximum absolute atomic E-state index is 12.5. The highest BCUT2D eigenvalue weighted by molar-refractivity contribution is 14.0. The molecule has 0 unspecified atom stereocenters. The molecule has 2 aromatic heterocycles. The van der Waals surface area contributed by atoms with Crippen LogP contribution in [-0.2, 0) is 16.6 Å². The Hall–Kier alpha value is -2.25. The lowest BCUT2D eigenvalue weighted by molar-refractivity contribution is 0.579. The van der Waals surface area contributed by atoms with E-state index in [4.69, 9.17) is 0 Å². The maximum Gasteiger partial charge on any atom is 0.240 e. The first-order chi connectivity index (χ1) is 13.9. The first kappa shape index (κ1) is 24.0. The zero-order valence-corrected chi connectivity index (χ0v) is 20.2. The fraction of sp³-hybridized carbons (Fsp3) is 0.316. The highest BCUT2D eigenvalue weighted by Gasteiger charge is 2.16. The molecule has 0 aliphatic carbocycles. The molecule has 11 heteroatoms. The topological polar surface area (TPSA) is 113 Å². The number of halogens is 1. The average Bonchev–Trinajstić information content (AvgIpc) is 3.12. The van der Waals surface area contributed by atoms with Gasteiger partial charge < -0.3 is 10.6 Å². The summed E-state index contributed by atoms with van der Waals surface area (Å²) < 4.78 is 29.5. The van der Waals surface area contributed by atoms with E-state index in [1.54, 1.807) is 20.0 Å². The lowest BCUT2D eigenvalue weighted by atomic mass is 10.2. The molecule has 3 aromatic rings. The van der Waals surface area contributed by atoms with E-state index in [0.717, 1.165) is 17.0 Å². The van der Waals surface area contributed by atoms with Crippen LogP contribution in [-0.4, -0.2) is 49.1 Å². The second kappa shape index (κ2) is 10.7. The number of aromatic nitrogens is 3. The van der Waals surface area contributed by atoms with Crippen LogP contribution in [0.3, 0.4) is 0 Å². The molecule has 3 N–H and O–H groups in total. The third-order valence-corrected chi connectivity index (χ3v) is 5.97. The molecule has 3 rings (SSSR count). The Morgan fingerprint density at radius 1 is 1.10 bits per heavy atom. The first-order valence-corrected chi connectivity index (χ1v) is 10.7.